The Labute approximate surface area is 176 Å². The zero-order valence-corrected chi connectivity index (χ0v) is 17.8. The van der Waals surface area contributed by atoms with Gasteiger partial charge in [0.25, 0.3) is 5.91 Å². The van der Waals surface area contributed by atoms with Gasteiger partial charge < -0.3 is 9.64 Å². The predicted octanol–water partition coefficient (Wildman–Crippen LogP) is 3.77. The normalized spacial score (nSPS) is 15.1. The van der Waals surface area contributed by atoms with Crippen molar-refractivity contribution in [3.63, 3.8) is 0 Å². The van der Waals surface area contributed by atoms with E-state index < -0.39 is 12.1 Å². The van der Waals surface area contributed by atoms with E-state index in [0.717, 1.165) is 48.4 Å². The van der Waals surface area contributed by atoms with Crippen molar-refractivity contribution in [3.05, 3.63) is 57.9 Å². The topological polar surface area (TPSA) is 64.4 Å². The maximum Gasteiger partial charge on any atom is 0.331 e. The third-order valence-electron chi connectivity index (χ3n) is 5.16. The highest BCUT2D eigenvalue weighted by Gasteiger charge is 2.25. The summed E-state index contributed by atoms with van der Waals surface area (Å²) in [5.41, 5.74) is 3.56. The molecule has 0 bridgehead atoms. The molecule has 7 heteroatoms. The molecule has 0 spiro atoms. The molecule has 154 valence electrons. The number of ether oxygens (including phenoxy) is 1. The van der Waals surface area contributed by atoms with Crippen molar-refractivity contribution in [1.82, 2.24) is 14.7 Å². The fourth-order valence-corrected chi connectivity index (χ4v) is 3.70. The van der Waals surface area contributed by atoms with Gasteiger partial charge in [-0.3, -0.25) is 9.48 Å². The van der Waals surface area contributed by atoms with Crippen molar-refractivity contribution >= 4 is 29.6 Å². The van der Waals surface area contributed by atoms with Gasteiger partial charge in [0.1, 0.15) is 0 Å². The van der Waals surface area contributed by atoms with Crippen molar-refractivity contribution in [1.29, 1.82) is 0 Å². The summed E-state index contributed by atoms with van der Waals surface area (Å²) in [4.78, 5) is 26.2. The van der Waals surface area contributed by atoms with Crippen LogP contribution in [-0.4, -0.2) is 45.8 Å². The monoisotopic (exact) mass is 415 g/mol. The van der Waals surface area contributed by atoms with Gasteiger partial charge in [-0.05, 0) is 51.3 Å². The van der Waals surface area contributed by atoms with Gasteiger partial charge in [-0.2, -0.15) is 5.10 Å². The van der Waals surface area contributed by atoms with Gasteiger partial charge in [-0.15, -0.1) is 0 Å². The van der Waals surface area contributed by atoms with Crippen molar-refractivity contribution in [2.24, 2.45) is 0 Å². The third kappa shape index (κ3) is 5.07. The van der Waals surface area contributed by atoms with E-state index in [0.29, 0.717) is 11.6 Å². The zero-order chi connectivity index (χ0) is 21.0. The van der Waals surface area contributed by atoms with E-state index in [1.807, 2.05) is 42.8 Å². The summed E-state index contributed by atoms with van der Waals surface area (Å²) in [6, 6.07) is 7.64. The second-order valence-electron chi connectivity index (χ2n) is 7.28. The molecule has 1 aliphatic rings. The van der Waals surface area contributed by atoms with Gasteiger partial charge in [0.2, 0.25) is 0 Å². The largest absolute Gasteiger partial charge is 0.449 e. The molecular weight excluding hydrogens is 390 g/mol. The minimum absolute atomic E-state index is 0.135. The summed E-state index contributed by atoms with van der Waals surface area (Å²) in [5.74, 6) is -0.674. The molecule has 0 saturated carbocycles. The summed E-state index contributed by atoms with van der Waals surface area (Å²) in [6.07, 6.45) is 4.27. The number of amides is 1. The number of carbonyl (C=O) groups is 2. The first kappa shape index (κ1) is 21.1. The molecule has 0 aliphatic carbocycles. The highest BCUT2D eigenvalue weighted by molar-refractivity contribution is 6.31. The number of carbonyl (C=O) groups excluding carboxylic acids is 2. The maximum atomic E-state index is 12.3. The van der Waals surface area contributed by atoms with Crippen LogP contribution in [0.25, 0.3) is 6.08 Å². The Morgan fingerprint density at radius 1 is 1.24 bits per heavy atom. The Balaban J connectivity index is 1.65. The van der Waals surface area contributed by atoms with Crippen LogP contribution in [0.2, 0.25) is 5.02 Å². The van der Waals surface area contributed by atoms with E-state index in [1.54, 1.807) is 17.9 Å². The lowest BCUT2D eigenvalue weighted by atomic mass is 10.1. The SMILES string of the molecule is Cc1nn(Cc2ccccc2Cl)c(C)c1/C=C/C(=O)O[C@@H](C)C(=O)N1CCCC1. The highest BCUT2D eigenvalue weighted by atomic mass is 35.5. The minimum atomic E-state index is -0.782. The van der Waals surface area contributed by atoms with Crippen LogP contribution in [0.15, 0.2) is 30.3 Å². The lowest BCUT2D eigenvalue weighted by Gasteiger charge is -2.19. The Hall–Kier alpha value is -2.60. The molecule has 2 aromatic rings. The molecule has 0 N–H and O–H groups in total. The molecule has 1 fully saturated rings. The van der Waals surface area contributed by atoms with Gasteiger partial charge in [0, 0.05) is 35.4 Å². The van der Waals surface area contributed by atoms with Crippen LogP contribution in [0.4, 0.5) is 0 Å². The predicted molar refractivity (Wildman–Crippen MR) is 113 cm³/mol. The van der Waals surface area contributed by atoms with Crippen molar-refractivity contribution in [3.8, 4) is 0 Å². The minimum Gasteiger partial charge on any atom is -0.449 e. The van der Waals surface area contributed by atoms with Crippen molar-refractivity contribution in [2.45, 2.75) is 46.3 Å². The highest BCUT2D eigenvalue weighted by Crippen LogP contribution is 2.20. The van der Waals surface area contributed by atoms with Gasteiger partial charge in [-0.1, -0.05) is 29.8 Å². The molecule has 0 radical (unpaired) electrons. The third-order valence-corrected chi connectivity index (χ3v) is 5.53. The van der Waals surface area contributed by atoms with Gasteiger partial charge >= 0.3 is 5.97 Å². The fraction of sp³-hybridized carbons (Fsp3) is 0.409. The quantitative estimate of drug-likeness (QED) is 0.532. The standard InChI is InChI=1S/C22H26ClN3O3/c1-15-19(16(2)26(24-15)14-18-8-4-5-9-20(18)23)10-11-21(27)29-17(3)22(28)25-12-6-7-13-25/h4-5,8-11,17H,6-7,12-14H2,1-3H3/b11-10+/t17-/m0/s1. The Morgan fingerprint density at radius 2 is 1.93 bits per heavy atom. The molecular formula is C22H26ClN3O3. The maximum absolute atomic E-state index is 12.3. The summed E-state index contributed by atoms with van der Waals surface area (Å²) in [5, 5.41) is 5.25. The molecule has 0 unspecified atom stereocenters. The molecule has 1 aromatic heterocycles. The first-order valence-corrected chi connectivity index (χ1v) is 10.2. The first-order chi connectivity index (χ1) is 13.9. The number of rotatable bonds is 6. The first-order valence-electron chi connectivity index (χ1n) is 9.81. The number of aryl methyl sites for hydroxylation is 1. The number of aromatic nitrogens is 2. The van der Waals surface area contributed by atoms with Crippen LogP contribution in [-0.2, 0) is 20.9 Å². The molecule has 3 rings (SSSR count). The Bertz CT molecular complexity index is 929. The summed E-state index contributed by atoms with van der Waals surface area (Å²) in [7, 11) is 0. The fourth-order valence-electron chi connectivity index (χ4n) is 3.50. The summed E-state index contributed by atoms with van der Waals surface area (Å²) in [6.45, 7) is 7.47. The number of esters is 1. The average Bonchev–Trinajstić information content (AvgIpc) is 3.31. The number of benzene rings is 1. The number of halogens is 1. The van der Waals surface area contributed by atoms with E-state index in [2.05, 4.69) is 5.10 Å². The van der Waals surface area contributed by atoms with E-state index in [4.69, 9.17) is 16.3 Å². The van der Waals surface area contributed by atoms with Gasteiger partial charge in [0.15, 0.2) is 6.10 Å². The number of hydrogen-bond donors (Lipinski definition) is 0. The van der Waals surface area contributed by atoms with Crippen LogP contribution in [0, 0.1) is 13.8 Å². The molecule has 29 heavy (non-hydrogen) atoms. The lowest BCUT2D eigenvalue weighted by molar-refractivity contribution is -0.154. The van der Waals surface area contributed by atoms with Crippen LogP contribution in [0.3, 0.4) is 0 Å². The van der Waals surface area contributed by atoms with Gasteiger partial charge in [0.05, 0.1) is 12.2 Å². The summed E-state index contributed by atoms with van der Waals surface area (Å²) < 4.78 is 7.14. The van der Waals surface area contributed by atoms with E-state index >= 15 is 0 Å². The number of likely N-dealkylation sites (tertiary alicyclic amines) is 1. The smallest absolute Gasteiger partial charge is 0.331 e. The van der Waals surface area contributed by atoms with Gasteiger partial charge in [-0.25, -0.2) is 4.79 Å². The van der Waals surface area contributed by atoms with Crippen molar-refractivity contribution in [2.75, 3.05) is 13.1 Å². The molecule has 1 aromatic carbocycles. The number of hydrogen-bond acceptors (Lipinski definition) is 4. The lowest BCUT2D eigenvalue weighted by Crippen LogP contribution is -2.37. The van der Waals surface area contributed by atoms with E-state index in [9.17, 15) is 9.59 Å². The Kier molecular flexibility index (Phi) is 6.75. The van der Waals surface area contributed by atoms with Crippen LogP contribution >= 0.6 is 11.6 Å². The summed E-state index contributed by atoms with van der Waals surface area (Å²) >= 11 is 6.25. The molecule has 1 aliphatic heterocycles. The van der Waals surface area contributed by atoms with E-state index in [-0.39, 0.29) is 5.91 Å². The molecule has 6 nitrogen and oxygen atoms in total. The van der Waals surface area contributed by atoms with Crippen LogP contribution in [0.5, 0.6) is 0 Å². The zero-order valence-electron chi connectivity index (χ0n) is 17.0. The number of nitrogens with zero attached hydrogens (tertiary/aromatic N) is 3. The van der Waals surface area contributed by atoms with Crippen LogP contribution < -0.4 is 0 Å². The molecule has 1 atom stereocenters. The molecule has 2 heterocycles. The second-order valence-corrected chi connectivity index (χ2v) is 7.69. The van der Waals surface area contributed by atoms with E-state index in [1.165, 1.54) is 6.08 Å². The van der Waals surface area contributed by atoms with Crippen molar-refractivity contribution < 1.29 is 14.3 Å². The molecule has 1 saturated heterocycles. The average molecular weight is 416 g/mol. The van der Waals surface area contributed by atoms with Crippen LogP contribution in [0.1, 0.15) is 42.3 Å². The Morgan fingerprint density at radius 3 is 2.62 bits per heavy atom. The second kappa shape index (κ2) is 9.27. The molecule has 1 amide bonds.